The molecule has 22 heavy (non-hydrogen) atoms. The Morgan fingerprint density at radius 1 is 1.23 bits per heavy atom. The first-order valence-corrected chi connectivity index (χ1v) is 8.82. The highest BCUT2D eigenvalue weighted by molar-refractivity contribution is 9.10. The zero-order chi connectivity index (χ0) is 16.3. The predicted octanol–water partition coefficient (Wildman–Crippen LogP) is 4.10. The van der Waals surface area contributed by atoms with E-state index in [1.54, 1.807) is 19.1 Å². The van der Waals surface area contributed by atoms with Crippen molar-refractivity contribution in [3.8, 4) is 5.75 Å². The molecule has 4 nitrogen and oxygen atoms in total. The van der Waals surface area contributed by atoms with Crippen molar-refractivity contribution in [1.29, 1.82) is 0 Å². The van der Waals surface area contributed by atoms with Crippen molar-refractivity contribution in [2.24, 2.45) is 0 Å². The van der Waals surface area contributed by atoms with Gasteiger partial charge in [0.1, 0.15) is 11.6 Å². The maximum Gasteiger partial charge on any atom is 0.262 e. The second-order valence-electron chi connectivity index (χ2n) is 4.59. The fraction of sp³-hybridized carbons (Fsp3) is 0.200. The Hall–Kier alpha value is -1.60. The molecule has 2 rings (SSSR count). The van der Waals surface area contributed by atoms with Crippen LogP contribution in [-0.4, -0.2) is 15.0 Å². The molecule has 0 aliphatic rings. The van der Waals surface area contributed by atoms with Gasteiger partial charge in [-0.2, -0.15) is 0 Å². The molecule has 0 atom stereocenters. The molecule has 0 saturated heterocycles. The van der Waals surface area contributed by atoms with E-state index >= 15 is 0 Å². The van der Waals surface area contributed by atoms with Gasteiger partial charge in [0.15, 0.2) is 0 Å². The lowest BCUT2D eigenvalue weighted by Crippen LogP contribution is -2.14. The number of ether oxygens (including phenoxy) is 1. The molecule has 0 aliphatic heterocycles. The van der Waals surface area contributed by atoms with E-state index in [9.17, 15) is 12.8 Å². The topological polar surface area (TPSA) is 55.4 Å². The summed E-state index contributed by atoms with van der Waals surface area (Å²) in [5.41, 5.74) is 0.593. The van der Waals surface area contributed by atoms with Gasteiger partial charge in [0.05, 0.1) is 17.2 Å². The van der Waals surface area contributed by atoms with Crippen LogP contribution in [0.5, 0.6) is 5.75 Å². The minimum absolute atomic E-state index is 0.0516. The summed E-state index contributed by atoms with van der Waals surface area (Å²) >= 11 is 3.12. The SMILES string of the molecule is CCOc1ccc(S(=O)(=O)Nc2ccc(Br)cc2F)cc1C. The van der Waals surface area contributed by atoms with Crippen LogP contribution in [0.1, 0.15) is 12.5 Å². The number of sulfonamides is 1. The van der Waals surface area contributed by atoms with Gasteiger partial charge in [-0.05, 0) is 55.8 Å². The number of rotatable bonds is 5. The summed E-state index contributed by atoms with van der Waals surface area (Å²) < 4.78 is 46.6. The van der Waals surface area contributed by atoms with Gasteiger partial charge in [0.25, 0.3) is 10.0 Å². The lowest BCUT2D eigenvalue weighted by Gasteiger charge is -2.12. The maximum absolute atomic E-state index is 13.8. The van der Waals surface area contributed by atoms with Gasteiger partial charge in [-0.25, -0.2) is 12.8 Å². The zero-order valence-corrected chi connectivity index (χ0v) is 14.5. The van der Waals surface area contributed by atoms with Crippen LogP contribution >= 0.6 is 15.9 Å². The monoisotopic (exact) mass is 387 g/mol. The Kier molecular flexibility index (Phi) is 5.08. The average molecular weight is 388 g/mol. The molecule has 0 fully saturated rings. The molecule has 7 heteroatoms. The zero-order valence-electron chi connectivity index (χ0n) is 12.1. The standard InChI is InChI=1S/C15H15BrFNO3S/c1-3-21-15-7-5-12(8-10(15)2)22(19,20)18-14-6-4-11(16)9-13(14)17/h4-9,18H,3H2,1-2H3. The van der Waals surface area contributed by atoms with Crippen LogP contribution in [-0.2, 0) is 10.0 Å². The van der Waals surface area contributed by atoms with Crippen molar-refractivity contribution < 1.29 is 17.5 Å². The first-order valence-electron chi connectivity index (χ1n) is 6.55. The van der Waals surface area contributed by atoms with Crippen molar-refractivity contribution >= 4 is 31.6 Å². The van der Waals surface area contributed by atoms with Gasteiger partial charge in [0, 0.05) is 4.47 Å². The fourth-order valence-electron chi connectivity index (χ4n) is 1.88. The molecule has 2 aromatic carbocycles. The van der Waals surface area contributed by atoms with Crippen LogP contribution in [0.25, 0.3) is 0 Å². The molecule has 0 saturated carbocycles. The molecule has 118 valence electrons. The fourth-order valence-corrected chi connectivity index (χ4v) is 3.37. The Bertz CT molecular complexity index is 793. The lowest BCUT2D eigenvalue weighted by atomic mass is 10.2. The smallest absolute Gasteiger partial charge is 0.262 e. The Balaban J connectivity index is 2.32. The van der Waals surface area contributed by atoms with Crippen LogP contribution in [0.2, 0.25) is 0 Å². The summed E-state index contributed by atoms with van der Waals surface area (Å²) in [6, 6.07) is 8.62. The number of hydrogen-bond donors (Lipinski definition) is 1. The molecule has 0 aliphatic carbocycles. The first kappa shape index (κ1) is 16.8. The van der Waals surface area contributed by atoms with E-state index in [0.29, 0.717) is 22.4 Å². The van der Waals surface area contributed by atoms with Gasteiger partial charge < -0.3 is 4.74 Å². The summed E-state index contributed by atoms with van der Waals surface area (Å²) in [5.74, 6) is -0.0307. The van der Waals surface area contributed by atoms with Crippen molar-refractivity contribution in [2.75, 3.05) is 11.3 Å². The third kappa shape index (κ3) is 3.78. The largest absolute Gasteiger partial charge is 0.494 e. The van der Waals surface area contributed by atoms with E-state index in [2.05, 4.69) is 20.7 Å². The minimum atomic E-state index is -3.86. The first-order chi connectivity index (χ1) is 10.3. The van der Waals surface area contributed by atoms with E-state index in [1.807, 2.05) is 6.92 Å². The molecule has 0 unspecified atom stereocenters. The van der Waals surface area contributed by atoms with Crippen molar-refractivity contribution in [1.82, 2.24) is 0 Å². The molecular formula is C15H15BrFNO3S. The quantitative estimate of drug-likeness (QED) is 0.839. The van der Waals surface area contributed by atoms with Gasteiger partial charge in [-0.15, -0.1) is 0 Å². The molecular weight excluding hydrogens is 373 g/mol. The van der Waals surface area contributed by atoms with E-state index in [0.717, 1.165) is 0 Å². The molecule has 0 amide bonds. The minimum Gasteiger partial charge on any atom is -0.494 e. The van der Waals surface area contributed by atoms with E-state index in [1.165, 1.54) is 24.3 Å². The highest BCUT2D eigenvalue weighted by Gasteiger charge is 2.17. The lowest BCUT2D eigenvalue weighted by molar-refractivity contribution is 0.337. The second kappa shape index (κ2) is 6.66. The van der Waals surface area contributed by atoms with Gasteiger partial charge in [-0.3, -0.25) is 4.72 Å². The predicted molar refractivity (Wildman–Crippen MR) is 87.3 cm³/mol. The Labute approximate surface area is 137 Å². The summed E-state index contributed by atoms with van der Waals surface area (Å²) in [4.78, 5) is 0.0516. The summed E-state index contributed by atoms with van der Waals surface area (Å²) in [5, 5.41) is 0. The Morgan fingerprint density at radius 3 is 2.55 bits per heavy atom. The van der Waals surface area contributed by atoms with Crippen molar-refractivity contribution in [3.05, 3.63) is 52.3 Å². The van der Waals surface area contributed by atoms with Crippen LogP contribution in [0, 0.1) is 12.7 Å². The molecule has 0 spiro atoms. The molecule has 0 heterocycles. The van der Waals surface area contributed by atoms with Crippen molar-refractivity contribution in [3.63, 3.8) is 0 Å². The number of benzene rings is 2. The van der Waals surface area contributed by atoms with Gasteiger partial charge in [0.2, 0.25) is 0 Å². The van der Waals surface area contributed by atoms with Crippen LogP contribution in [0.3, 0.4) is 0 Å². The van der Waals surface area contributed by atoms with E-state index in [-0.39, 0.29) is 10.6 Å². The number of anilines is 1. The molecule has 0 radical (unpaired) electrons. The number of hydrogen-bond acceptors (Lipinski definition) is 3. The van der Waals surface area contributed by atoms with Gasteiger partial charge in [-0.1, -0.05) is 15.9 Å². The summed E-state index contributed by atoms with van der Waals surface area (Å²) in [6.45, 7) is 4.10. The third-order valence-electron chi connectivity index (χ3n) is 2.93. The van der Waals surface area contributed by atoms with Crippen LogP contribution in [0.15, 0.2) is 45.8 Å². The van der Waals surface area contributed by atoms with Gasteiger partial charge >= 0.3 is 0 Å². The third-order valence-corrected chi connectivity index (χ3v) is 4.79. The second-order valence-corrected chi connectivity index (χ2v) is 7.19. The maximum atomic E-state index is 13.8. The molecule has 0 bridgehead atoms. The summed E-state index contributed by atoms with van der Waals surface area (Å²) in [7, 11) is -3.86. The normalized spacial score (nSPS) is 11.3. The highest BCUT2D eigenvalue weighted by atomic mass is 79.9. The highest BCUT2D eigenvalue weighted by Crippen LogP contribution is 2.25. The molecule has 1 N–H and O–H groups in total. The number of aryl methyl sites for hydroxylation is 1. The molecule has 2 aromatic rings. The Morgan fingerprint density at radius 2 is 1.95 bits per heavy atom. The van der Waals surface area contributed by atoms with E-state index < -0.39 is 15.8 Å². The van der Waals surface area contributed by atoms with Crippen LogP contribution in [0.4, 0.5) is 10.1 Å². The molecule has 0 aromatic heterocycles. The average Bonchev–Trinajstić information content (AvgIpc) is 2.44. The van der Waals surface area contributed by atoms with Crippen LogP contribution < -0.4 is 9.46 Å². The van der Waals surface area contributed by atoms with Crippen molar-refractivity contribution in [2.45, 2.75) is 18.7 Å². The number of nitrogens with one attached hydrogen (secondary N) is 1. The summed E-state index contributed by atoms with van der Waals surface area (Å²) in [6.07, 6.45) is 0. The van der Waals surface area contributed by atoms with E-state index in [4.69, 9.17) is 4.74 Å². The number of halogens is 2.